The molecule has 0 radical (unpaired) electrons. The van der Waals surface area contributed by atoms with Gasteiger partial charge in [-0.15, -0.1) is 5.10 Å². The van der Waals surface area contributed by atoms with Crippen LogP contribution in [0.15, 0.2) is 24.4 Å². The summed E-state index contributed by atoms with van der Waals surface area (Å²) in [6, 6.07) is 4.55. The Labute approximate surface area is 122 Å². The molecule has 2 heterocycles. The Balaban J connectivity index is 1.64. The second kappa shape index (κ2) is 5.81. The highest BCUT2D eigenvalue weighted by molar-refractivity contribution is 5.37. The van der Waals surface area contributed by atoms with Gasteiger partial charge in [-0.05, 0) is 24.6 Å². The fourth-order valence-electron chi connectivity index (χ4n) is 2.63. The van der Waals surface area contributed by atoms with Crippen LogP contribution in [0, 0.1) is 5.82 Å². The molecule has 2 unspecified atom stereocenters. The van der Waals surface area contributed by atoms with Crippen LogP contribution >= 0.6 is 0 Å². The average Bonchev–Trinajstić information content (AvgIpc) is 3.05. The lowest BCUT2D eigenvalue weighted by Gasteiger charge is -2.10. The molecular weight excluding hydrogens is 271 g/mol. The predicted molar refractivity (Wildman–Crippen MR) is 76.4 cm³/mol. The van der Waals surface area contributed by atoms with Crippen molar-refractivity contribution >= 4 is 0 Å². The van der Waals surface area contributed by atoms with Crippen molar-refractivity contribution in [1.29, 1.82) is 0 Å². The molecule has 2 atom stereocenters. The van der Waals surface area contributed by atoms with Gasteiger partial charge in [-0.1, -0.05) is 18.6 Å². The van der Waals surface area contributed by atoms with Crippen LogP contribution in [0.2, 0.25) is 0 Å². The summed E-state index contributed by atoms with van der Waals surface area (Å²) >= 11 is 0. The third-order valence-electron chi connectivity index (χ3n) is 3.69. The van der Waals surface area contributed by atoms with E-state index in [4.69, 9.17) is 10.5 Å². The molecule has 1 aromatic heterocycles. The molecule has 1 aliphatic heterocycles. The quantitative estimate of drug-likeness (QED) is 0.917. The molecule has 0 amide bonds. The monoisotopic (exact) mass is 290 g/mol. The van der Waals surface area contributed by atoms with Crippen molar-refractivity contribution in [2.45, 2.75) is 44.9 Å². The zero-order valence-electron chi connectivity index (χ0n) is 12.0. The molecule has 0 bridgehead atoms. The number of hydrogen-bond acceptors (Lipinski definition) is 4. The molecule has 112 valence electrons. The van der Waals surface area contributed by atoms with Gasteiger partial charge in [0.15, 0.2) is 0 Å². The van der Waals surface area contributed by atoms with Gasteiger partial charge < -0.3 is 10.5 Å². The van der Waals surface area contributed by atoms with Crippen molar-refractivity contribution in [3.63, 3.8) is 0 Å². The highest BCUT2D eigenvalue weighted by atomic mass is 19.1. The van der Waals surface area contributed by atoms with Crippen molar-refractivity contribution in [3.05, 3.63) is 41.5 Å². The van der Waals surface area contributed by atoms with Crippen LogP contribution in [0.4, 0.5) is 4.39 Å². The smallest absolute Gasteiger partial charge is 0.123 e. The normalized spacial score (nSPS) is 18.3. The maximum Gasteiger partial charge on any atom is 0.123 e. The van der Waals surface area contributed by atoms with Crippen LogP contribution in [0.5, 0.6) is 5.75 Å². The predicted octanol–water partition coefficient (Wildman–Crippen LogP) is 2.22. The first-order chi connectivity index (χ1) is 10.2. The number of nitrogens with zero attached hydrogens (tertiary/aromatic N) is 3. The van der Waals surface area contributed by atoms with Gasteiger partial charge in [-0.2, -0.15) is 0 Å². The molecule has 6 heteroatoms. The van der Waals surface area contributed by atoms with E-state index < -0.39 is 0 Å². The number of nitrogens with two attached hydrogens (primary N) is 1. The molecule has 3 rings (SSSR count). The van der Waals surface area contributed by atoms with E-state index in [1.807, 2.05) is 6.20 Å². The summed E-state index contributed by atoms with van der Waals surface area (Å²) in [6.07, 6.45) is 4.42. The van der Waals surface area contributed by atoms with Crippen LogP contribution in [0.3, 0.4) is 0 Å². The minimum atomic E-state index is -0.230. The molecule has 0 saturated carbocycles. The Morgan fingerprint density at radius 3 is 3.19 bits per heavy atom. The Morgan fingerprint density at radius 2 is 2.38 bits per heavy atom. The van der Waals surface area contributed by atoms with Crippen LogP contribution in [0.25, 0.3) is 0 Å². The van der Waals surface area contributed by atoms with Gasteiger partial charge in [-0.25, -0.2) is 9.07 Å². The van der Waals surface area contributed by atoms with Gasteiger partial charge in [0.05, 0.1) is 24.5 Å². The summed E-state index contributed by atoms with van der Waals surface area (Å²) in [7, 11) is 0. The minimum Gasteiger partial charge on any atom is -0.488 e. The Bertz CT molecular complexity index is 628. The van der Waals surface area contributed by atoms with Crippen LogP contribution in [-0.4, -0.2) is 21.1 Å². The van der Waals surface area contributed by atoms with E-state index in [2.05, 4.69) is 17.2 Å². The van der Waals surface area contributed by atoms with E-state index >= 15 is 0 Å². The molecule has 0 spiro atoms. The molecular formula is C15H19FN4O. The summed E-state index contributed by atoms with van der Waals surface area (Å²) in [5, 5.41) is 8.21. The van der Waals surface area contributed by atoms with Crippen LogP contribution in [-0.2, 0) is 13.0 Å². The second-order valence-corrected chi connectivity index (χ2v) is 5.46. The van der Waals surface area contributed by atoms with Gasteiger partial charge in [0.1, 0.15) is 17.7 Å². The number of halogens is 1. The lowest BCUT2D eigenvalue weighted by Crippen LogP contribution is -2.21. The molecule has 2 aromatic rings. The number of fused-ring (bicyclic) bond motifs is 1. The first kappa shape index (κ1) is 14.0. The van der Waals surface area contributed by atoms with E-state index in [9.17, 15) is 4.39 Å². The van der Waals surface area contributed by atoms with E-state index in [0.717, 1.165) is 29.8 Å². The molecule has 1 aliphatic rings. The van der Waals surface area contributed by atoms with Gasteiger partial charge >= 0.3 is 0 Å². The third-order valence-corrected chi connectivity index (χ3v) is 3.69. The largest absolute Gasteiger partial charge is 0.488 e. The van der Waals surface area contributed by atoms with Crippen LogP contribution < -0.4 is 10.5 Å². The Kier molecular flexibility index (Phi) is 3.88. The van der Waals surface area contributed by atoms with Crippen molar-refractivity contribution < 1.29 is 9.13 Å². The lowest BCUT2D eigenvalue weighted by atomic mass is 10.1. The molecule has 0 saturated heterocycles. The van der Waals surface area contributed by atoms with E-state index in [0.29, 0.717) is 13.0 Å². The summed E-state index contributed by atoms with van der Waals surface area (Å²) < 4.78 is 20.7. The van der Waals surface area contributed by atoms with Crippen LogP contribution in [0.1, 0.15) is 37.1 Å². The first-order valence-electron chi connectivity index (χ1n) is 7.26. The Hall–Kier alpha value is -1.95. The summed E-state index contributed by atoms with van der Waals surface area (Å²) in [6.45, 7) is 2.68. The van der Waals surface area contributed by atoms with E-state index in [-0.39, 0.29) is 18.0 Å². The number of ether oxygens (including phenoxy) is 1. The number of benzene rings is 1. The standard InChI is InChI=1S/C15H19FN4O/c1-2-3-13(17)14-9-20(19-18-14)8-12-7-10-6-11(16)4-5-15(10)21-12/h4-6,9,12-13H,2-3,7-8,17H2,1H3. The average molecular weight is 290 g/mol. The maximum atomic E-state index is 13.2. The Morgan fingerprint density at radius 1 is 1.52 bits per heavy atom. The van der Waals surface area contributed by atoms with Crippen molar-refractivity contribution in [1.82, 2.24) is 15.0 Å². The van der Waals surface area contributed by atoms with Crippen molar-refractivity contribution in [2.75, 3.05) is 0 Å². The van der Waals surface area contributed by atoms with E-state index in [1.165, 1.54) is 12.1 Å². The van der Waals surface area contributed by atoms with Crippen molar-refractivity contribution in [2.24, 2.45) is 5.73 Å². The summed E-state index contributed by atoms with van der Waals surface area (Å²) in [5.74, 6) is 0.524. The fourth-order valence-corrected chi connectivity index (χ4v) is 2.63. The molecule has 0 fully saturated rings. The number of aromatic nitrogens is 3. The molecule has 5 nitrogen and oxygen atoms in total. The van der Waals surface area contributed by atoms with Gasteiger partial charge in [0.2, 0.25) is 0 Å². The fraction of sp³-hybridized carbons (Fsp3) is 0.467. The minimum absolute atomic E-state index is 0.0428. The molecule has 0 aliphatic carbocycles. The third kappa shape index (κ3) is 3.05. The molecule has 2 N–H and O–H groups in total. The zero-order valence-corrected chi connectivity index (χ0v) is 12.0. The van der Waals surface area contributed by atoms with E-state index in [1.54, 1.807) is 10.7 Å². The van der Waals surface area contributed by atoms with Gasteiger partial charge in [0, 0.05) is 12.0 Å². The van der Waals surface area contributed by atoms with Gasteiger partial charge in [0.25, 0.3) is 0 Å². The maximum absolute atomic E-state index is 13.2. The summed E-state index contributed by atoms with van der Waals surface area (Å²) in [5.41, 5.74) is 7.73. The lowest BCUT2D eigenvalue weighted by molar-refractivity contribution is 0.202. The zero-order chi connectivity index (χ0) is 14.8. The SMILES string of the molecule is CCCC(N)c1cn(CC2Cc3cc(F)ccc3O2)nn1. The van der Waals surface area contributed by atoms with Gasteiger partial charge in [-0.3, -0.25) is 0 Å². The number of rotatable bonds is 5. The highest BCUT2D eigenvalue weighted by Gasteiger charge is 2.24. The number of hydrogen-bond donors (Lipinski definition) is 1. The first-order valence-corrected chi connectivity index (χ1v) is 7.26. The summed E-state index contributed by atoms with van der Waals surface area (Å²) in [4.78, 5) is 0. The second-order valence-electron chi connectivity index (χ2n) is 5.46. The molecule has 21 heavy (non-hydrogen) atoms. The highest BCUT2D eigenvalue weighted by Crippen LogP contribution is 2.29. The van der Waals surface area contributed by atoms with Crippen molar-refractivity contribution in [3.8, 4) is 5.75 Å². The molecule has 1 aromatic carbocycles. The topological polar surface area (TPSA) is 66.0 Å².